The molecule has 3 aromatic rings. The van der Waals surface area contributed by atoms with Gasteiger partial charge in [-0.2, -0.15) is 13.5 Å². The normalized spacial score (nSPS) is 12.0. The molecule has 11 heteroatoms. The molecular weight excluding hydrogens is 396 g/mol. The van der Waals surface area contributed by atoms with Gasteiger partial charge in [0.05, 0.1) is 17.1 Å². The summed E-state index contributed by atoms with van der Waals surface area (Å²) in [5, 5.41) is 19.9. The molecule has 9 nitrogen and oxygen atoms in total. The summed E-state index contributed by atoms with van der Waals surface area (Å²) in [4.78, 5) is 12.1. The zero-order valence-corrected chi connectivity index (χ0v) is 15.4. The third-order valence-corrected chi connectivity index (χ3v) is 4.71. The van der Waals surface area contributed by atoms with Crippen molar-refractivity contribution in [2.75, 3.05) is 0 Å². The van der Waals surface area contributed by atoms with E-state index in [9.17, 15) is 22.9 Å². The number of hydrogen-bond acceptors (Lipinski definition) is 6. The van der Waals surface area contributed by atoms with Crippen LogP contribution in [0.1, 0.15) is 5.69 Å². The number of halogens is 1. The minimum atomic E-state index is -4.63. The zero-order chi connectivity index (χ0) is 19.8. The van der Waals surface area contributed by atoms with Crippen LogP contribution in [-0.4, -0.2) is 27.9 Å². The molecule has 0 aliphatic carbocycles. The van der Waals surface area contributed by atoms with Gasteiger partial charge in [0.25, 0.3) is 15.7 Å². The molecular formula is C16H13ClN4O5S. The second-order valence-corrected chi connectivity index (χ2v) is 7.36. The Hall–Kier alpha value is -2.95. The summed E-state index contributed by atoms with van der Waals surface area (Å²) in [5.74, 6) is 0.0645. The molecule has 0 fully saturated rings. The Labute approximate surface area is 158 Å². The van der Waals surface area contributed by atoms with Crippen LogP contribution >= 0.6 is 11.6 Å². The summed E-state index contributed by atoms with van der Waals surface area (Å²) >= 11 is 5.79. The number of aromatic amines is 1. The first kappa shape index (κ1) is 18.8. The molecule has 2 aromatic carbocycles. The van der Waals surface area contributed by atoms with Crippen molar-refractivity contribution in [3.63, 3.8) is 0 Å². The molecule has 3 N–H and O–H groups in total. The third-order valence-electron chi connectivity index (χ3n) is 3.60. The predicted molar refractivity (Wildman–Crippen MR) is 98.2 cm³/mol. The second kappa shape index (κ2) is 6.99. The lowest BCUT2D eigenvalue weighted by atomic mass is 10.3. The monoisotopic (exact) mass is 408 g/mol. The van der Waals surface area contributed by atoms with E-state index in [0.717, 1.165) is 10.7 Å². The first-order chi connectivity index (χ1) is 12.7. The van der Waals surface area contributed by atoms with E-state index in [0.29, 0.717) is 11.4 Å². The molecule has 0 aliphatic heterocycles. The van der Waals surface area contributed by atoms with E-state index in [1.807, 2.05) is 0 Å². The van der Waals surface area contributed by atoms with Gasteiger partial charge >= 0.3 is 0 Å². The van der Waals surface area contributed by atoms with Gasteiger partial charge in [0, 0.05) is 5.02 Å². The molecule has 0 unspecified atom stereocenters. The molecule has 0 atom stereocenters. The van der Waals surface area contributed by atoms with Crippen molar-refractivity contribution >= 4 is 33.1 Å². The van der Waals surface area contributed by atoms with Crippen LogP contribution in [0, 0.1) is 6.92 Å². The van der Waals surface area contributed by atoms with E-state index in [4.69, 9.17) is 11.6 Å². The molecule has 0 aliphatic rings. The zero-order valence-electron chi connectivity index (χ0n) is 13.8. The molecule has 27 heavy (non-hydrogen) atoms. The standard InChI is InChI=1S/C16H13ClN4O5S/c1-9-15(19-18-11-3-5-12(22)6-4-11)16(23)21(20-9)13-7-2-10(17)8-14(13)27(24,25)26/h2-8,20,22H,1H3,(H,24,25,26). The number of azo groups is 1. The average molecular weight is 409 g/mol. The van der Waals surface area contributed by atoms with E-state index in [1.54, 1.807) is 6.92 Å². The quantitative estimate of drug-likeness (QED) is 0.448. The van der Waals surface area contributed by atoms with Gasteiger partial charge in [0.15, 0.2) is 5.69 Å². The summed E-state index contributed by atoms with van der Waals surface area (Å²) in [6.07, 6.45) is 0. The van der Waals surface area contributed by atoms with Gasteiger partial charge in [-0.15, -0.1) is 5.11 Å². The average Bonchev–Trinajstić information content (AvgIpc) is 2.88. The van der Waals surface area contributed by atoms with Crippen LogP contribution in [0.5, 0.6) is 5.75 Å². The van der Waals surface area contributed by atoms with E-state index >= 15 is 0 Å². The minimum absolute atomic E-state index is 0.0423. The van der Waals surface area contributed by atoms with Crippen LogP contribution < -0.4 is 5.56 Å². The van der Waals surface area contributed by atoms with Crippen molar-refractivity contribution in [1.29, 1.82) is 0 Å². The van der Waals surface area contributed by atoms with Crippen molar-refractivity contribution in [2.24, 2.45) is 10.2 Å². The van der Waals surface area contributed by atoms with E-state index < -0.39 is 20.6 Å². The molecule has 0 spiro atoms. The number of H-pyrrole nitrogens is 1. The van der Waals surface area contributed by atoms with Crippen molar-refractivity contribution in [1.82, 2.24) is 9.78 Å². The maximum absolute atomic E-state index is 12.7. The Kier molecular flexibility index (Phi) is 4.87. The molecule has 0 amide bonds. The number of phenols is 1. The van der Waals surface area contributed by atoms with Crippen LogP contribution in [-0.2, 0) is 10.1 Å². The molecule has 0 radical (unpaired) electrons. The first-order valence-corrected chi connectivity index (χ1v) is 9.28. The smallest absolute Gasteiger partial charge is 0.299 e. The summed E-state index contributed by atoms with van der Waals surface area (Å²) in [6, 6.07) is 9.55. The molecule has 0 bridgehead atoms. The van der Waals surface area contributed by atoms with Gasteiger partial charge in [0.2, 0.25) is 0 Å². The van der Waals surface area contributed by atoms with Crippen LogP contribution in [0.25, 0.3) is 5.69 Å². The Balaban J connectivity index is 2.10. The van der Waals surface area contributed by atoms with Crippen molar-refractivity contribution in [2.45, 2.75) is 11.8 Å². The van der Waals surface area contributed by atoms with E-state index in [-0.39, 0.29) is 22.1 Å². The number of hydrogen-bond donors (Lipinski definition) is 3. The highest BCUT2D eigenvalue weighted by Gasteiger charge is 2.21. The Morgan fingerprint density at radius 1 is 1.11 bits per heavy atom. The lowest BCUT2D eigenvalue weighted by molar-refractivity contribution is 0.475. The molecule has 140 valence electrons. The highest BCUT2D eigenvalue weighted by atomic mass is 35.5. The van der Waals surface area contributed by atoms with Gasteiger partial charge < -0.3 is 5.11 Å². The number of rotatable bonds is 4. The van der Waals surface area contributed by atoms with Gasteiger partial charge in [-0.05, 0) is 49.4 Å². The number of benzene rings is 2. The largest absolute Gasteiger partial charge is 0.508 e. The predicted octanol–water partition coefficient (Wildman–Crippen LogP) is 3.50. The topological polar surface area (TPSA) is 137 Å². The fourth-order valence-corrected chi connectivity index (χ4v) is 3.27. The number of aromatic hydroxyl groups is 1. The first-order valence-electron chi connectivity index (χ1n) is 7.46. The lowest BCUT2D eigenvalue weighted by Crippen LogP contribution is -2.17. The molecule has 0 saturated carbocycles. The third kappa shape index (κ3) is 3.92. The SMILES string of the molecule is Cc1[nH]n(-c2ccc(Cl)cc2S(=O)(=O)O)c(=O)c1N=Nc1ccc(O)cc1. The summed E-state index contributed by atoms with van der Waals surface area (Å²) < 4.78 is 33.6. The maximum atomic E-state index is 12.7. The number of nitrogens with one attached hydrogen (secondary N) is 1. The summed E-state index contributed by atoms with van der Waals surface area (Å²) in [7, 11) is -4.63. The molecule has 0 saturated heterocycles. The van der Waals surface area contributed by atoms with Crippen LogP contribution in [0.3, 0.4) is 0 Å². The minimum Gasteiger partial charge on any atom is -0.508 e. The van der Waals surface area contributed by atoms with Gasteiger partial charge in [-0.1, -0.05) is 11.6 Å². The van der Waals surface area contributed by atoms with Crippen molar-refractivity contribution < 1.29 is 18.1 Å². The second-order valence-electron chi connectivity index (χ2n) is 5.53. The van der Waals surface area contributed by atoms with Gasteiger partial charge in [-0.25, -0.2) is 4.68 Å². The fraction of sp³-hybridized carbons (Fsp3) is 0.0625. The molecule has 1 heterocycles. The van der Waals surface area contributed by atoms with Crippen molar-refractivity contribution in [3.8, 4) is 11.4 Å². The van der Waals surface area contributed by atoms with Crippen LogP contribution in [0.2, 0.25) is 5.02 Å². The van der Waals surface area contributed by atoms with Gasteiger partial charge in [-0.3, -0.25) is 14.4 Å². The lowest BCUT2D eigenvalue weighted by Gasteiger charge is -2.07. The molecule has 3 rings (SSSR count). The van der Waals surface area contributed by atoms with Gasteiger partial charge in [0.1, 0.15) is 10.6 Å². The Morgan fingerprint density at radius 3 is 2.41 bits per heavy atom. The van der Waals surface area contributed by atoms with E-state index in [1.165, 1.54) is 36.4 Å². The van der Waals surface area contributed by atoms with Crippen LogP contribution in [0.15, 0.2) is 62.4 Å². The number of phenolic OH excluding ortho intramolecular Hbond substituents is 1. The highest BCUT2D eigenvalue weighted by molar-refractivity contribution is 7.86. The summed E-state index contributed by atoms with van der Waals surface area (Å²) in [5.41, 5.74) is -0.0779. The number of aromatic nitrogens is 2. The number of aryl methyl sites for hydroxylation is 1. The molecule has 1 aromatic heterocycles. The summed E-state index contributed by atoms with van der Waals surface area (Å²) in [6.45, 7) is 1.56. The maximum Gasteiger partial charge on any atom is 0.299 e. The number of nitrogens with zero attached hydrogens (tertiary/aromatic N) is 3. The highest BCUT2D eigenvalue weighted by Crippen LogP contribution is 2.25. The van der Waals surface area contributed by atoms with Crippen molar-refractivity contribution in [3.05, 3.63) is 63.5 Å². The fourth-order valence-electron chi connectivity index (χ4n) is 2.33. The Morgan fingerprint density at radius 2 is 1.78 bits per heavy atom. The van der Waals surface area contributed by atoms with Crippen LogP contribution in [0.4, 0.5) is 11.4 Å². The Bertz CT molecular complexity index is 1200. The van der Waals surface area contributed by atoms with E-state index in [2.05, 4.69) is 15.3 Å².